The molecule has 2 aromatic rings. The highest BCUT2D eigenvalue weighted by Crippen LogP contribution is 2.26. The highest BCUT2D eigenvalue weighted by atomic mass is 32.1. The second-order valence-electron chi connectivity index (χ2n) is 3.91. The lowest BCUT2D eigenvalue weighted by molar-refractivity contribution is 0.0527. The van der Waals surface area contributed by atoms with E-state index >= 15 is 0 Å². The lowest BCUT2D eigenvalue weighted by Gasteiger charge is -2.09. The first-order valence-electron chi connectivity index (χ1n) is 5.84. The van der Waals surface area contributed by atoms with E-state index in [1.165, 1.54) is 6.07 Å². The Morgan fingerprint density at radius 2 is 2.30 bits per heavy atom. The number of nitrogens with zero attached hydrogens (tertiary/aromatic N) is 2. The van der Waals surface area contributed by atoms with E-state index in [0.29, 0.717) is 11.0 Å². The molecule has 0 atom stereocenters. The quantitative estimate of drug-likeness (QED) is 0.665. The molecule has 8 heteroatoms. The summed E-state index contributed by atoms with van der Waals surface area (Å²) >= 11 is 1.10. The lowest BCUT2D eigenvalue weighted by Crippen LogP contribution is -2.09. The maximum atomic E-state index is 13.8. The molecule has 0 unspecified atom stereocenters. The van der Waals surface area contributed by atoms with Gasteiger partial charge in [0.05, 0.1) is 17.9 Å². The average Bonchev–Trinajstić information content (AvgIpc) is 2.78. The van der Waals surface area contributed by atoms with Gasteiger partial charge in [-0.05, 0) is 26.0 Å². The third-order valence-electron chi connectivity index (χ3n) is 2.40. The number of hydrogen-bond acceptors (Lipinski definition) is 7. The Morgan fingerprint density at radius 3 is 2.90 bits per heavy atom. The van der Waals surface area contributed by atoms with E-state index in [-0.39, 0.29) is 23.5 Å². The first kappa shape index (κ1) is 14.2. The summed E-state index contributed by atoms with van der Waals surface area (Å²) in [6.07, 6.45) is 0. The maximum Gasteiger partial charge on any atom is 0.340 e. The Kier molecular flexibility index (Phi) is 4.14. The summed E-state index contributed by atoms with van der Waals surface area (Å²) in [5, 5.41) is 3.20. The monoisotopic (exact) mass is 296 g/mol. The number of rotatable bonds is 4. The van der Waals surface area contributed by atoms with Gasteiger partial charge in [-0.2, -0.15) is 4.37 Å². The number of benzene rings is 1. The molecule has 0 aliphatic carbocycles. The predicted octanol–water partition coefficient (Wildman–Crippen LogP) is 2.49. The van der Waals surface area contributed by atoms with Crippen LogP contribution in [0.25, 0.3) is 0 Å². The van der Waals surface area contributed by atoms with Crippen LogP contribution < -0.4 is 11.1 Å². The fraction of sp³-hybridized carbons (Fsp3) is 0.250. The van der Waals surface area contributed by atoms with E-state index in [0.717, 1.165) is 17.6 Å². The predicted molar refractivity (Wildman–Crippen MR) is 74.7 cm³/mol. The molecule has 0 saturated heterocycles. The molecule has 0 fully saturated rings. The smallest absolute Gasteiger partial charge is 0.340 e. The van der Waals surface area contributed by atoms with Crippen molar-refractivity contribution in [3.05, 3.63) is 29.3 Å². The molecule has 0 saturated carbocycles. The molecule has 20 heavy (non-hydrogen) atoms. The second-order valence-corrected chi connectivity index (χ2v) is 4.66. The zero-order chi connectivity index (χ0) is 14.7. The van der Waals surface area contributed by atoms with Crippen molar-refractivity contribution >= 4 is 34.0 Å². The van der Waals surface area contributed by atoms with Crippen LogP contribution >= 0.6 is 11.5 Å². The van der Waals surface area contributed by atoms with E-state index < -0.39 is 11.8 Å². The van der Waals surface area contributed by atoms with E-state index in [4.69, 9.17) is 10.5 Å². The summed E-state index contributed by atoms with van der Waals surface area (Å²) in [4.78, 5) is 15.8. The minimum absolute atomic E-state index is 0.0277. The number of carbonyl (C=O) groups excluding carboxylic acids is 1. The van der Waals surface area contributed by atoms with Crippen LogP contribution in [0.4, 0.5) is 20.9 Å². The van der Waals surface area contributed by atoms with Crippen LogP contribution in [0, 0.1) is 12.7 Å². The van der Waals surface area contributed by atoms with Gasteiger partial charge in [0.15, 0.2) is 0 Å². The van der Waals surface area contributed by atoms with Crippen molar-refractivity contribution in [1.82, 2.24) is 9.36 Å². The van der Waals surface area contributed by atoms with Crippen LogP contribution in [0.5, 0.6) is 0 Å². The summed E-state index contributed by atoms with van der Waals surface area (Å²) in [6, 6.07) is 2.38. The SMILES string of the molecule is CCOC(=O)c1cc(Nc2nc(C)ns2)c(F)cc1N. The number of aromatic nitrogens is 2. The van der Waals surface area contributed by atoms with Crippen LogP contribution in [-0.4, -0.2) is 21.9 Å². The molecule has 0 radical (unpaired) electrons. The minimum Gasteiger partial charge on any atom is -0.462 e. The van der Waals surface area contributed by atoms with Crippen LogP contribution in [0.2, 0.25) is 0 Å². The third-order valence-corrected chi connectivity index (χ3v) is 3.13. The zero-order valence-electron chi connectivity index (χ0n) is 10.9. The Hall–Kier alpha value is -2.22. The normalized spacial score (nSPS) is 10.3. The van der Waals surface area contributed by atoms with Crippen LogP contribution in [-0.2, 0) is 4.74 Å². The van der Waals surface area contributed by atoms with Gasteiger partial charge in [-0.1, -0.05) is 0 Å². The summed E-state index contributed by atoms with van der Waals surface area (Å²) in [5.41, 5.74) is 5.86. The molecule has 6 nitrogen and oxygen atoms in total. The van der Waals surface area contributed by atoms with E-state index in [2.05, 4.69) is 14.7 Å². The first-order valence-corrected chi connectivity index (χ1v) is 6.62. The van der Waals surface area contributed by atoms with E-state index in [1.807, 2.05) is 0 Å². The standard InChI is InChI=1S/C12H13FN4O2S/c1-3-19-11(18)7-4-10(8(13)5-9(7)14)16-12-15-6(2)17-20-12/h4-5H,3,14H2,1-2H3,(H,15,16,17). The molecule has 0 bridgehead atoms. The van der Waals surface area contributed by atoms with Gasteiger partial charge >= 0.3 is 5.97 Å². The minimum atomic E-state index is -0.596. The molecule has 0 spiro atoms. The number of carbonyl (C=O) groups is 1. The van der Waals surface area contributed by atoms with Gasteiger partial charge < -0.3 is 15.8 Å². The van der Waals surface area contributed by atoms with Gasteiger partial charge in [-0.3, -0.25) is 0 Å². The van der Waals surface area contributed by atoms with Gasteiger partial charge in [0.2, 0.25) is 5.13 Å². The molecule has 1 heterocycles. The second kappa shape index (κ2) is 5.83. The van der Waals surface area contributed by atoms with Gasteiger partial charge in [0, 0.05) is 17.2 Å². The van der Waals surface area contributed by atoms with Crippen molar-refractivity contribution in [2.24, 2.45) is 0 Å². The Balaban J connectivity index is 2.33. The molecular formula is C12H13FN4O2S. The number of hydrogen-bond donors (Lipinski definition) is 2. The fourth-order valence-corrected chi connectivity index (χ4v) is 2.12. The molecular weight excluding hydrogens is 283 g/mol. The number of nitrogen functional groups attached to an aromatic ring is 1. The number of esters is 1. The maximum absolute atomic E-state index is 13.8. The molecule has 106 valence electrons. The Labute approximate surface area is 118 Å². The van der Waals surface area contributed by atoms with Gasteiger partial charge in [0.25, 0.3) is 0 Å². The lowest BCUT2D eigenvalue weighted by atomic mass is 10.1. The summed E-state index contributed by atoms with van der Waals surface area (Å²) in [7, 11) is 0. The Morgan fingerprint density at radius 1 is 1.55 bits per heavy atom. The number of nitrogens with one attached hydrogen (secondary N) is 1. The van der Waals surface area contributed by atoms with Crippen molar-refractivity contribution in [3.8, 4) is 0 Å². The molecule has 3 N–H and O–H groups in total. The van der Waals surface area contributed by atoms with Crippen molar-refractivity contribution in [2.45, 2.75) is 13.8 Å². The molecule has 1 aromatic heterocycles. The van der Waals surface area contributed by atoms with Crippen molar-refractivity contribution in [2.75, 3.05) is 17.7 Å². The summed E-state index contributed by atoms with van der Waals surface area (Å²) in [6.45, 7) is 3.62. The number of aryl methyl sites for hydroxylation is 1. The van der Waals surface area contributed by atoms with Crippen molar-refractivity contribution < 1.29 is 13.9 Å². The number of anilines is 3. The largest absolute Gasteiger partial charge is 0.462 e. The number of ether oxygens (including phenoxy) is 1. The molecule has 0 aliphatic heterocycles. The average molecular weight is 296 g/mol. The van der Waals surface area contributed by atoms with Gasteiger partial charge in [-0.25, -0.2) is 14.2 Å². The summed E-state index contributed by atoms with van der Waals surface area (Å²) in [5.74, 6) is -0.594. The molecule has 1 aromatic carbocycles. The summed E-state index contributed by atoms with van der Waals surface area (Å²) < 4.78 is 22.7. The topological polar surface area (TPSA) is 90.1 Å². The van der Waals surface area contributed by atoms with Crippen molar-refractivity contribution in [1.29, 1.82) is 0 Å². The molecule has 0 aliphatic rings. The number of nitrogens with two attached hydrogens (primary N) is 1. The van der Waals surface area contributed by atoms with Crippen molar-refractivity contribution in [3.63, 3.8) is 0 Å². The first-order chi connectivity index (χ1) is 9.51. The third kappa shape index (κ3) is 3.02. The Bertz CT molecular complexity index is 644. The highest BCUT2D eigenvalue weighted by Gasteiger charge is 2.16. The molecule has 0 amide bonds. The van der Waals surface area contributed by atoms with Crippen LogP contribution in [0.15, 0.2) is 12.1 Å². The molecule has 2 rings (SSSR count). The van der Waals surface area contributed by atoms with E-state index in [9.17, 15) is 9.18 Å². The van der Waals surface area contributed by atoms with Crippen LogP contribution in [0.3, 0.4) is 0 Å². The fourth-order valence-electron chi connectivity index (χ4n) is 1.53. The van der Waals surface area contributed by atoms with Crippen LogP contribution in [0.1, 0.15) is 23.1 Å². The zero-order valence-corrected chi connectivity index (χ0v) is 11.8. The van der Waals surface area contributed by atoms with Gasteiger partial charge in [-0.15, -0.1) is 0 Å². The van der Waals surface area contributed by atoms with E-state index in [1.54, 1.807) is 13.8 Å². The van der Waals surface area contributed by atoms with Gasteiger partial charge in [0.1, 0.15) is 11.6 Å². The number of halogens is 1. The highest BCUT2D eigenvalue weighted by molar-refractivity contribution is 7.09.